The Balaban J connectivity index is 2.40. The van der Waals surface area contributed by atoms with Gasteiger partial charge >= 0.3 is 11.9 Å². The summed E-state index contributed by atoms with van der Waals surface area (Å²) >= 11 is 0. The monoisotopic (exact) mass is 340 g/mol. The molecule has 1 fully saturated rings. The van der Waals surface area contributed by atoms with Gasteiger partial charge in [-0.15, -0.1) is 0 Å². The van der Waals surface area contributed by atoms with Crippen LogP contribution in [-0.4, -0.2) is 24.1 Å². The van der Waals surface area contributed by atoms with Gasteiger partial charge in [0.2, 0.25) is 0 Å². The molecule has 0 aromatic carbocycles. The van der Waals surface area contributed by atoms with Crippen LogP contribution < -0.4 is 0 Å². The first-order valence-corrected chi connectivity index (χ1v) is 9.60. The highest BCUT2D eigenvalue weighted by Crippen LogP contribution is 2.33. The lowest BCUT2D eigenvalue weighted by atomic mass is 9.79. The summed E-state index contributed by atoms with van der Waals surface area (Å²) in [4.78, 5) is 24.8. The molecule has 0 amide bonds. The predicted molar refractivity (Wildman–Crippen MR) is 95.6 cm³/mol. The van der Waals surface area contributed by atoms with E-state index in [1.807, 2.05) is 20.8 Å². The molecule has 0 N–H and O–H groups in total. The summed E-state index contributed by atoms with van der Waals surface area (Å²) in [7, 11) is 0. The summed E-state index contributed by atoms with van der Waals surface area (Å²) in [5.74, 6) is -0.407. The second-order valence-electron chi connectivity index (χ2n) is 8.44. The minimum atomic E-state index is -0.514. The molecule has 0 heterocycles. The highest BCUT2D eigenvalue weighted by atomic mass is 16.6. The Morgan fingerprint density at radius 1 is 0.958 bits per heavy atom. The Morgan fingerprint density at radius 3 is 2.08 bits per heavy atom. The normalized spacial score (nSPS) is 21.6. The van der Waals surface area contributed by atoms with Gasteiger partial charge in [0.05, 0.1) is 18.4 Å². The third-order valence-electron chi connectivity index (χ3n) is 4.45. The largest absolute Gasteiger partial charge is 0.465 e. The fourth-order valence-corrected chi connectivity index (χ4v) is 3.18. The van der Waals surface area contributed by atoms with E-state index >= 15 is 0 Å². The summed E-state index contributed by atoms with van der Waals surface area (Å²) < 4.78 is 10.9. The van der Waals surface area contributed by atoms with E-state index in [-0.39, 0.29) is 23.8 Å². The molecular weight excluding hydrogens is 304 g/mol. The second-order valence-corrected chi connectivity index (χ2v) is 8.44. The molecule has 140 valence electrons. The molecule has 24 heavy (non-hydrogen) atoms. The van der Waals surface area contributed by atoms with Crippen molar-refractivity contribution in [3.05, 3.63) is 0 Å². The molecule has 1 aliphatic rings. The van der Waals surface area contributed by atoms with E-state index in [0.717, 1.165) is 44.4 Å². The standard InChI is InChI=1S/C20H36O4/c1-15(2)11-7-6-10-14-23-18(21)16-12-8-9-13-17(16)19(22)24-20(3,4)5/h15-17H,6-14H2,1-5H3. The molecule has 0 aliphatic heterocycles. The van der Waals surface area contributed by atoms with Crippen molar-refractivity contribution in [1.82, 2.24) is 0 Å². The number of unbranched alkanes of at least 4 members (excludes halogenated alkanes) is 2. The number of hydrogen-bond donors (Lipinski definition) is 0. The molecule has 2 atom stereocenters. The maximum Gasteiger partial charge on any atom is 0.310 e. The molecule has 1 aliphatic carbocycles. The summed E-state index contributed by atoms with van der Waals surface area (Å²) in [6, 6.07) is 0. The van der Waals surface area contributed by atoms with E-state index in [1.165, 1.54) is 12.8 Å². The zero-order valence-corrected chi connectivity index (χ0v) is 16.2. The van der Waals surface area contributed by atoms with Crippen LogP contribution >= 0.6 is 0 Å². The van der Waals surface area contributed by atoms with Crippen LogP contribution in [0.2, 0.25) is 0 Å². The van der Waals surface area contributed by atoms with Gasteiger partial charge in [-0.2, -0.15) is 0 Å². The van der Waals surface area contributed by atoms with Crippen LogP contribution in [0.1, 0.15) is 86.0 Å². The molecule has 0 aromatic heterocycles. The van der Waals surface area contributed by atoms with Crippen LogP contribution in [0.15, 0.2) is 0 Å². The molecule has 0 aromatic rings. The smallest absolute Gasteiger partial charge is 0.310 e. The van der Waals surface area contributed by atoms with Crippen LogP contribution in [-0.2, 0) is 19.1 Å². The van der Waals surface area contributed by atoms with Gasteiger partial charge in [0, 0.05) is 0 Å². The van der Waals surface area contributed by atoms with Gasteiger partial charge in [-0.3, -0.25) is 9.59 Å². The summed E-state index contributed by atoms with van der Waals surface area (Å²) in [6.45, 7) is 10.5. The Hall–Kier alpha value is -1.06. The van der Waals surface area contributed by atoms with Crippen molar-refractivity contribution in [2.75, 3.05) is 6.61 Å². The van der Waals surface area contributed by atoms with Crippen LogP contribution in [0.25, 0.3) is 0 Å². The summed E-state index contributed by atoms with van der Waals surface area (Å²) in [5.41, 5.74) is -0.514. The first-order valence-electron chi connectivity index (χ1n) is 9.60. The van der Waals surface area contributed by atoms with E-state index in [4.69, 9.17) is 9.47 Å². The lowest BCUT2D eigenvalue weighted by molar-refractivity contribution is -0.170. The lowest BCUT2D eigenvalue weighted by Gasteiger charge is -2.31. The maximum atomic E-state index is 12.4. The average molecular weight is 341 g/mol. The average Bonchev–Trinajstić information content (AvgIpc) is 2.48. The lowest BCUT2D eigenvalue weighted by Crippen LogP contribution is -2.38. The zero-order valence-electron chi connectivity index (χ0n) is 16.2. The Bertz CT molecular complexity index is 395. The molecular formula is C20H36O4. The number of ether oxygens (including phenoxy) is 2. The van der Waals surface area contributed by atoms with Gasteiger partial charge in [0.1, 0.15) is 5.60 Å². The highest BCUT2D eigenvalue weighted by molar-refractivity contribution is 5.82. The topological polar surface area (TPSA) is 52.6 Å². The number of carbonyl (C=O) groups excluding carboxylic acids is 2. The quantitative estimate of drug-likeness (QED) is 0.466. The van der Waals surface area contributed by atoms with Crippen molar-refractivity contribution >= 4 is 11.9 Å². The molecule has 1 saturated carbocycles. The van der Waals surface area contributed by atoms with Crippen molar-refractivity contribution in [3.63, 3.8) is 0 Å². The molecule has 0 radical (unpaired) electrons. The minimum Gasteiger partial charge on any atom is -0.465 e. The summed E-state index contributed by atoms with van der Waals surface area (Å²) in [5, 5.41) is 0. The van der Waals surface area contributed by atoms with E-state index in [2.05, 4.69) is 13.8 Å². The highest BCUT2D eigenvalue weighted by Gasteiger charge is 2.39. The Labute approximate surface area is 147 Å². The first-order chi connectivity index (χ1) is 11.2. The molecule has 0 saturated heterocycles. The predicted octanol–water partition coefficient (Wildman–Crippen LogP) is 4.89. The van der Waals surface area contributed by atoms with E-state index in [1.54, 1.807) is 0 Å². The number of carbonyl (C=O) groups is 2. The Morgan fingerprint density at radius 2 is 1.54 bits per heavy atom. The van der Waals surface area contributed by atoms with Crippen molar-refractivity contribution in [2.24, 2.45) is 17.8 Å². The number of hydrogen-bond acceptors (Lipinski definition) is 4. The van der Waals surface area contributed by atoms with E-state index in [9.17, 15) is 9.59 Å². The maximum absolute atomic E-state index is 12.4. The van der Waals surface area contributed by atoms with Gasteiger partial charge in [0.15, 0.2) is 0 Å². The third-order valence-corrected chi connectivity index (χ3v) is 4.45. The molecule has 4 heteroatoms. The van der Waals surface area contributed by atoms with Crippen LogP contribution in [0.5, 0.6) is 0 Å². The van der Waals surface area contributed by atoms with Gasteiger partial charge in [-0.05, 0) is 46.0 Å². The number of esters is 2. The van der Waals surface area contributed by atoms with Crippen LogP contribution in [0, 0.1) is 17.8 Å². The molecule has 0 bridgehead atoms. The van der Waals surface area contributed by atoms with Crippen LogP contribution in [0.3, 0.4) is 0 Å². The molecule has 1 rings (SSSR count). The first kappa shape index (κ1) is 21.0. The summed E-state index contributed by atoms with van der Waals surface area (Å²) in [6.07, 6.45) is 7.81. The van der Waals surface area contributed by atoms with Gasteiger partial charge < -0.3 is 9.47 Å². The third kappa shape index (κ3) is 8.16. The fraction of sp³-hybridized carbons (Fsp3) is 0.900. The molecule has 4 nitrogen and oxygen atoms in total. The van der Waals surface area contributed by atoms with Crippen molar-refractivity contribution in [1.29, 1.82) is 0 Å². The van der Waals surface area contributed by atoms with Crippen molar-refractivity contribution in [2.45, 2.75) is 91.6 Å². The zero-order chi connectivity index (χ0) is 18.2. The van der Waals surface area contributed by atoms with Gasteiger partial charge in [-0.1, -0.05) is 46.0 Å². The fourth-order valence-electron chi connectivity index (χ4n) is 3.18. The van der Waals surface area contributed by atoms with E-state index < -0.39 is 5.60 Å². The minimum absolute atomic E-state index is 0.214. The van der Waals surface area contributed by atoms with Gasteiger partial charge in [-0.25, -0.2) is 0 Å². The Kier molecular flexibility index (Phi) is 8.79. The van der Waals surface area contributed by atoms with Crippen LogP contribution in [0.4, 0.5) is 0 Å². The van der Waals surface area contributed by atoms with E-state index in [0.29, 0.717) is 6.61 Å². The van der Waals surface area contributed by atoms with Crippen molar-refractivity contribution in [3.8, 4) is 0 Å². The molecule has 2 unspecified atom stereocenters. The molecule has 0 spiro atoms. The second kappa shape index (κ2) is 10.0. The SMILES string of the molecule is CC(C)CCCCCOC(=O)C1CCCCC1C(=O)OC(C)(C)C. The number of rotatable bonds is 8. The van der Waals surface area contributed by atoms with Gasteiger partial charge in [0.25, 0.3) is 0 Å². The van der Waals surface area contributed by atoms with Crippen molar-refractivity contribution < 1.29 is 19.1 Å².